The molecule has 0 spiro atoms. The molecule has 0 saturated carbocycles. The summed E-state index contributed by atoms with van der Waals surface area (Å²) in [4.78, 5) is 50.9. The number of nitrogen functional groups attached to an aromatic ring is 1. The molecule has 0 saturated heterocycles. The molecule has 0 bridgehead atoms. The topological polar surface area (TPSA) is 197 Å². The maximum atomic E-state index is 12.8. The van der Waals surface area contributed by atoms with Crippen molar-refractivity contribution in [3.05, 3.63) is 80.7 Å². The van der Waals surface area contributed by atoms with Gasteiger partial charge in [0, 0.05) is 36.4 Å². The Morgan fingerprint density at radius 1 is 1.12 bits per heavy atom. The number of nitrogens with two attached hydrogens (primary N) is 1. The summed E-state index contributed by atoms with van der Waals surface area (Å²) in [5.41, 5.74) is 9.79. The molecule has 0 unspecified atom stereocenters. The van der Waals surface area contributed by atoms with Crippen LogP contribution in [0.1, 0.15) is 58.6 Å². The van der Waals surface area contributed by atoms with Gasteiger partial charge in [-0.25, -0.2) is 0 Å². The molecule has 1 aliphatic rings. The van der Waals surface area contributed by atoms with E-state index in [4.69, 9.17) is 5.73 Å². The minimum absolute atomic E-state index is 0.0412. The van der Waals surface area contributed by atoms with Crippen molar-refractivity contribution in [2.24, 2.45) is 10.2 Å². The van der Waals surface area contributed by atoms with Crippen LogP contribution >= 0.6 is 0 Å². The number of nitrogens with one attached hydrogen (secondary N) is 4. The van der Waals surface area contributed by atoms with Crippen LogP contribution in [0.25, 0.3) is 0 Å². The van der Waals surface area contributed by atoms with Crippen molar-refractivity contribution in [2.45, 2.75) is 39.5 Å². The maximum Gasteiger partial charge on any atom is 0.276 e. The van der Waals surface area contributed by atoms with Gasteiger partial charge in [0.15, 0.2) is 5.71 Å². The second-order valence-electron chi connectivity index (χ2n) is 9.50. The average Bonchev–Trinajstić information content (AvgIpc) is 3.40. The van der Waals surface area contributed by atoms with Gasteiger partial charge in [-0.1, -0.05) is 18.6 Å². The van der Waals surface area contributed by atoms with Gasteiger partial charge < -0.3 is 26.7 Å². The molecule has 13 heteroatoms. The number of hydrogen-bond acceptors (Lipinski definition) is 8. The highest BCUT2D eigenvalue weighted by atomic mass is 16.6. The highest BCUT2D eigenvalue weighted by Crippen LogP contribution is 2.28. The lowest BCUT2D eigenvalue weighted by Crippen LogP contribution is -2.25. The summed E-state index contributed by atoms with van der Waals surface area (Å²) in [6.45, 7) is 3.99. The molecule has 41 heavy (non-hydrogen) atoms. The zero-order valence-electron chi connectivity index (χ0n) is 22.6. The van der Waals surface area contributed by atoms with Gasteiger partial charge in [0.2, 0.25) is 5.91 Å². The van der Waals surface area contributed by atoms with Crippen LogP contribution in [0.2, 0.25) is 0 Å². The standard InChI is InChI=1S/C28H30N8O5/c1-16-23(15-31-35-26-19-14-18(36(40)41)11-12-21(19)34-28(26)39)32-17(2)25(16)27(38)30-13-7-3-4-10-24(37)33-22-9-6-5-8-20(22)29/h5-6,8-9,11-12,14-15,32H,3-4,7,10,13,29H2,1-2H3,(H,30,38)(H,33,37)(H,34,35,39)/b31-15+. The fraction of sp³-hybridized carbons (Fsp3) is 0.250. The molecule has 2 aromatic carbocycles. The Morgan fingerprint density at radius 3 is 2.66 bits per heavy atom. The van der Waals surface area contributed by atoms with E-state index in [2.05, 4.69) is 31.1 Å². The lowest BCUT2D eigenvalue weighted by molar-refractivity contribution is -0.384. The number of carbonyl (C=O) groups excluding carboxylic acids is 3. The van der Waals surface area contributed by atoms with Crippen LogP contribution in [0.4, 0.5) is 22.7 Å². The molecule has 212 valence electrons. The normalized spacial score (nSPS) is 13.3. The molecule has 0 radical (unpaired) electrons. The van der Waals surface area contributed by atoms with Crippen molar-refractivity contribution in [1.29, 1.82) is 0 Å². The van der Waals surface area contributed by atoms with Crippen LogP contribution in [-0.2, 0) is 9.59 Å². The number of fused-ring (bicyclic) bond motifs is 1. The molecule has 4 rings (SSSR count). The third-order valence-electron chi connectivity index (χ3n) is 6.58. The number of nitro benzene ring substituents is 1. The number of amides is 3. The number of nitro groups is 1. The highest BCUT2D eigenvalue weighted by Gasteiger charge is 2.28. The van der Waals surface area contributed by atoms with E-state index in [0.29, 0.717) is 70.9 Å². The average molecular weight is 559 g/mol. The fourth-order valence-corrected chi connectivity index (χ4v) is 4.44. The van der Waals surface area contributed by atoms with Crippen molar-refractivity contribution in [2.75, 3.05) is 22.9 Å². The smallest absolute Gasteiger partial charge is 0.276 e. The number of unbranched alkanes of at least 4 members (excludes halogenated alkanes) is 2. The largest absolute Gasteiger partial charge is 0.397 e. The number of nitrogens with zero attached hydrogens (tertiary/aromatic N) is 3. The molecule has 13 nitrogen and oxygen atoms in total. The number of benzene rings is 2. The summed E-state index contributed by atoms with van der Waals surface area (Å²) in [5, 5.41) is 27.4. The van der Waals surface area contributed by atoms with Crippen LogP contribution in [-0.4, -0.2) is 46.1 Å². The van der Waals surface area contributed by atoms with Crippen LogP contribution in [0, 0.1) is 24.0 Å². The van der Waals surface area contributed by atoms with E-state index < -0.39 is 10.8 Å². The van der Waals surface area contributed by atoms with E-state index in [-0.39, 0.29) is 23.2 Å². The number of anilines is 3. The van der Waals surface area contributed by atoms with Gasteiger partial charge in [0.1, 0.15) is 0 Å². The quantitative estimate of drug-likeness (QED) is 0.0779. The SMILES string of the molecule is Cc1[nH]c(/C=N/N=C2\C(=O)Nc3ccc([N+](=O)[O-])cc32)c(C)c1C(=O)NCCCCCC(=O)Nc1ccccc1N. The summed E-state index contributed by atoms with van der Waals surface area (Å²) in [6, 6.07) is 11.1. The number of aromatic amines is 1. The number of rotatable bonds is 11. The van der Waals surface area contributed by atoms with Crippen molar-refractivity contribution < 1.29 is 19.3 Å². The number of aryl methyl sites for hydroxylation is 1. The third-order valence-corrected chi connectivity index (χ3v) is 6.58. The lowest BCUT2D eigenvalue weighted by atomic mass is 10.1. The lowest BCUT2D eigenvalue weighted by Gasteiger charge is -2.08. The van der Waals surface area contributed by atoms with Gasteiger partial charge in [-0.15, -0.1) is 5.10 Å². The van der Waals surface area contributed by atoms with Crippen molar-refractivity contribution in [1.82, 2.24) is 10.3 Å². The summed E-state index contributed by atoms with van der Waals surface area (Å²) < 4.78 is 0. The van der Waals surface area contributed by atoms with Crippen molar-refractivity contribution in [3.8, 4) is 0 Å². The van der Waals surface area contributed by atoms with E-state index in [1.807, 2.05) is 0 Å². The van der Waals surface area contributed by atoms with Crippen molar-refractivity contribution >= 4 is 52.4 Å². The number of hydrogen-bond donors (Lipinski definition) is 5. The van der Waals surface area contributed by atoms with Crippen LogP contribution in [0.15, 0.2) is 52.7 Å². The number of H-pyrrole nitrogens is 1. The van der Waals surface area contributed by atoms with E-state index in [1.54, 1.807) is 38.1 Å². The van der Waals surface area contributed by atoms with Crippen LogP contribution in [0.5, 0.6) is 0 Å². The molecule has 0 fully saturated rings. The second kappa shape index (κ2) is 12.7. The molecular formula is C28H30N8O5. The van der Waals surface area contributed by atoms with Crippen LogP contribution < -0.4 is 21.7 Å². The zero-order chi connectivity index (χ0) is 29.5. The van der Waals surface area contributed by atoms with Crippen molar-refractivity contribution in [3.63, 3.8) is 0 Å². The highest BCUT2D eigenvalue weighted by molar-refractivity contribution is 6.53. The fourth-order valence-electron chi connectivity index (χ4n) is 4.44. The number of para-hydroxylation sites is 2. The molecule has 2 heterocycles. The van der Waals surface area contributed by atoms with Gasteiger partial charge in [0.05, 0.1) is 39.5 Å². The Bertz CT molecular complexity index is 1570. The molecule has 3 amide bonds. The molecule has 1 aromatic heterocycles. The number of carbonyl (C=O) groups is 3. The van der Waals surface area contributed by atoms with E-state index in [9.17, 15) is 24.5 Å². The summed E-state index contributed by atoms with van der Waals surface area (Å²) in [7, 11) is 0. The molecule has 6 N–H and O–H groups in total. The minimum Gasteiger partial charge on any atom is -0.397 e. The third kappa shape index (κ3) is 6.82. The van der Waals surface area contributed by atoms with E-state index in [1.165, 1.54) is 24.4 Å². The van der Waals surface area contributed by atoms with Gasteiger partial charge in [-0.05, 0) is 50.5 Å². The number of non-ortho nitro benzene ring substituents is 1. The first kappa shape index (κ1) is 28.7. The minimum atomic E-state index is -0.551. The van der Waals surface area contributed by atoms with E-state index in [0.717, 1.165) is 6.42 Å². The first-order valence-corrected chi connectivity index (χ1v) is 13.0. The van der Waals surface area contributed by atoms with Crippen LogP contribution in [0.3, 0.4) is 0 Å². The Balaban J connectivity index is 1.28. The predicted octanol–water partition coefficient (Wildman–Crippen LogP) is 3.83. The second-order valence-corrected chi connectivity index (χ2v) is 9.50. The Morgan fingerprint density at radius 2 is 1.90 bits per heavy atom. The Hall–Kier alpha value is -5.33. The molecule has 0 aliphatic carbocycles. The van der Waals surface area contributed by atoms with E-state index >= 15 is 0 Å². The molecular weight excluding hydrogens is 528 g/mol. The van der Waals surface area contributed by atoms with Gasteiger partial charge in [-0.3, -0.25) is 24.5 Å². The Labute approximate surface area is 235 Å². The first-order chi connectivity index (χ1) is 19.7. The Kier molecular flexibility index (Phi) is 8.87. The van der Waals surface area contributed by atoms with Gasteiger partial charge >= 0.3 is 0 Å². The summed E-state index contributed by atoms with van der Waals surface area (Å²) in [6.07, 6.45) is 3.90. The molecule has 0 atom stereocenters. The maximum absolute atomic E-state index is 12.8. The van der Waals surface area contributed by atoms with Gasteiger partial charge in [-0.2, -0.15) is 5.10 Å². The zero-order valence-corrected chi connectivity index (χ0v) is 22.6. The number of aromatic nitrogens is 1. The molecule has 1 aliphatic heterocycles. The monoisotopic (exact) mass is 558 g/mol. The molecule has 3 aromatic rings. The predicted molar refractivity (Wildman–Crippen MR) is 156 cm³/mol. The summed E-state index contributed by atoms with van der Waals surface area (Å²) in [5.74, 6) is -0.863. The van der Waals surface area contributed by atoms with Gasteiger partial charge in [0.25, 0.3) is 17.5 Å². The summed E-state index contributed by atoms with van der Waals surface area (Å²) >= 11 is 0. The first-order valence-electron chi connectivity index (χ1n) is 13.0.